The molecule has 1 unspecified atom stereocenters. The Labute approximate surface area is 267 Å². The number of rotatable bonds is 12. The van der Waals surface area contributed by atoms with Crippen LogP contribution in [0, 0.1) is 0 Å². The number of nitrogens with two attached hydrogens (primary N) is 1. The number of oxime groups is 1. The van der Waals surface area contributed by atoms with Gasteiger partial charge in [0.15, 0.2) is 34.7 Å². The number of benzene rings is 1. The van der Waals surface area contributed by atoms with Crippen molar-refractivity contribution in [3.8, 4) is 11.5 Å². The van der Waals surface area contributed by atoms with Crippen LogP contribution in [0.15, 0.2) is 69.4 Å². The zero-order valence-corrected chi connectivity index (χ0v) is 25.5. The highest BCUT2D eigenvalue weighted by atomic mass is 32.2. The number of nitrogens with one attached hydrogen (secondary N) is 1. The lowest BCUT2D eigenvalue weighted by atomic mass is 10.0. The maximum atomic E-state index is 13.3. The van der Waals surface area contributed by atoms with E-state index in [1.165, 1.54) is 51.7 Å². The van der Waals surface area contributed by atoms with Gasteiger partial charge in [-0.1, -0.05) is 11.2 Å². The average molecular weight is 674 g/mol. The van der Waals surface area contributed by atoms with Crippen LogP contribution in [0.25, 0.3) is 0 Å². The van der Waals surface area contributed by atoms with Gasteiger partial charge in [0.1, 0.15) is 29.4 Å². The molecule has 1 fully saturated rings. The minimum atomic E-state index is -1.27. The molecule has 4 heterocycles. The number of carboxylic acid groups (broad SMARTS) is 2. The number of anilines is 1. The predicted molar refractivity (Wildman–Crippen MR) is 162 cm³/mol. The summed E-state index contributed by atoms with van der Waals surface area (Å²) in [6.07, 6.45) is 3.23. The summed E-state index contributed by atoms with van der Waals surface area (Å²) in [5.74, 6) is -3.73. The van der Waals surface area contributed by atoms with Crippen LogP contribution >= 0.6 is 34.9 Å². The second-order valence-corrected chi connectivity index (χ2v) is 12.7. The first-order valence-electron chi connectivity index (χ1n) is 13.0. The molecule has 5 rings (SSSR count). The quantitative estimate of drug-likeness (QED) is 0.0394. The number of thiazole rings is 1. The molecule has 0 spiro atoms. The van der Waals surface area contributed by atoms with Crippen LogP contribution in [0.3, 0.4) is 0 Å². The number of phenolic OH excluding ortho intramolecular Hbond substituents is 2. The van der Waals surface area contributed by atoms with Gasteiger partial charge in [-0.05, 0) is 23.3 Å². The molecule has 18 heteroatoms. The number of β-lactam (4-membered cyclic amide) rings is 1. The van der Waals surface area contributed by atoms with E-state index in [1.54, 1.807) is 24.5 Å². The van der Waals surface area contributed by atoms with Crippen molar-refractivity contribution in [1.82, 2.24) is 15.2 Å². The van der Waals surface area contributed by atoms with Gasteiger partial charge < -0.3 is 36.3 Å². The molecule has 0 bridgehead atoms. The van der Waals surface area contributed by atoms with Gasteiger partial charge in [-0.3, -0.25) is 14.5 Å². The molecule has 2 atom stereocenters. The van der Waals surface area contributed by atoms with Gasteiger partial charge >= 0.3 is 11.9 Å². The molecule has 0 radical (unpaired) electrons. The molecule has 45 heavy (non-hydrogen) atoms. The second-order valence-electron chi connectivity index (χ2n) is 9.61. The summed E-state index contributed by atoms with van der Waals surface area (Å²) in [4.78, 5) is 61.0. The first-order valence-corrected chi connectivity index (χ1v) is 15.9. The van der Waals surface area contributed by atoms with Gasteiger partial charge in [0, 0.05) is 33.9 Å². The van der Waals surface area contributed by atoms with Gasteiger partial charge in [-0.15, -0.1) is 34.9 Å². The van der Waals surface area contributed by atoms with Gasteiger partial charge in [0.05, 0.1) is 0 Å². The topological polar surface area (TPSA) is 229 Å². The SMILES string of the molecule is Nc1nc(/C(=N/OCc2ccc(O)c(O)c2)C(=O)NC2C(=O)N3C(C(=O)O)=C(CSc4cc[n+](CC(=O)O)cc4)CS[C@H]23)cs1. The van der Waals surface area contributed by atoms with Crippen LogP contribution < -0.4 is 15.6 Å². The minimum absolute atomic E-state index is 0.100. The molecule has 3 aromatic rings. The number of carbonyl (C=O) groups excluding carboxylic acids is 2. The minimum Gasteiger partial charge on any atom is -0.504 e. The summed E-state index contributed by atoms with van der Waals surface area (Å²) >= 11 is 3.72. The zero-order chi connectivity index (χ0) is 32.2. The van der Waals surface area contributed by atoms with Crippen LogP contribution in [0.2, 0.25) is 0 Å². The number of carboxylic acids is 2. The van der Waals surface area contributed by atoms with Gasteiger partial charge in [-0.2, -0.15) is 4.57 Å². The van der Waals surface area contributed by atoms with Crippen molar-refractivity contribution in [2.75, 3.05) is 17.2 Å². The molecule has 2 aromatic heterocycles. The Morgan fingerprint density at radius 2 is 1.93 bits per heavy atom. The number of hydrogen-bond acceptors (Lipinski definition) is 13. The van der Waals surface area contributed by atoms with Crippen molar-refractivity contribution in [2.24, 2.45) is 5.16 Å². The molecule has 0 aliphatic carbocycles. The monoisotopic (exact) mass is 673 g/mol. The largest absolute Gasteiger partial charge is 0.504 e. The van der Waals surface area contributed by atoms with Gasteiger partial charge in [0.2, 0.25) is 6.54 Å². The third-order valence-electron chi connectivity index (χ3n) is 6.53. The number of thioether (sulfide) groups is 2. The molecule has 1 saturated heterocycles. The maximum absolute atomic E-state index is 13.3. The molecule has 7 N–H and O–H groups in total. The standard InChI is InChI=1S/C27H24N6O9S3/c28-27-29-16(12-45-27)20(31-42-9-13-1-2-17(34)18(35)7-13)23(38)30-21-24(39)33-22(26(40)41)14(11-44-25(21)33)10-43-15-3-5-32(6-4-15)8-19(36)37/h1-7,12,21,25H,8-11H2,(H6-,28,29,30,31,34,35,36,37,38,40,41)/p+1/t21?,25-/m1/s1. The summed E-state index contributed by atoms with van der Waals surface area (Å²) in [7, 11) is 0. The number of nitrogens with zero attached hydrogens (tertiary/aromatic N) is 4. The van der Waals surface area contributed by atoms with E-state index in [2.05, 4.69) is 15.5 Å². The third-order valence-corrected chi connectivity index (χ3v) is 9.65. The van der Waals surface area contributed by atoms with Crippen LogP contribution in [-0.4, -0.2) is 82.7 Å². The second kappa shape index (κ2) is 13.4. The number of carbonyl (C=O) groups is 4. The Kier molecular flexibility index (Phi) is 9.45. The van der Waals surface area contributed by atoms with Crippen molar-refractivity contribution >= 4 is 69.5 Å². The van der Waals surface area contributed by atoms with Gasteiger partial charge in [-0.25, -0.2) is 14.6 Å². The lowest BCUT2D eigenvalue weighted by molar-refractivity contribution is -0.686. The molecule has 0 saturated carbocycles. The van der Waals surface area contributed by atoms with Crippen LogP contribution in [-0.2, 0) is 37.2 Å². The van der Waals surface area contributed by atoms with E-state index >= 15 is 0 Å². The van der Waals surface area contributed by atoms with E-state index in [0.717, 1.165) is 21.1 Å². The number of phenols is 2. The number of fused-ring (bicyclic) bond motifs is 1. The first-order chi connectivity index (χ1) is 21.5. The normalized spacial score (nSPS) is 17.8. The van der Waals surface area contributed by atoms with E-state index in [0.29, 0.717) is 16.9 Å². The van der Waals surface area contributed by atoms with Crippen molar-refractivity contribution in [3.05, 3.63) is 70.6 Å². The smallest absolute Gasteiger partial charge is 0.370 e. The maximum Gasteiger partial charge on any atom is 0.370 e. The molecule has 234 valence electrons. The molecular weight excluding hydrogens is 649 g/mol. The number of hydrogen-bond donors (Lipinski definition) is 6. The van der Waals surface area contributed by atoms with Crippen LogP contribution in [0.1, 0.15) is 11.3 Å². The Hall–Kier alpha value is -4.81. The summed E-state index contributed by atoms with van der Waals surface area (Å²) in [6.45, 7) is -0.354. The fourth-order valence-corrected chi connectivity index (χ4v) is 7.32. The van der Waals surface area contributed by atoms with Crippen molar-refractivity contribution in [3.63, 3.8) is 0 Å². The number of amides is 2. The number of aliphatic carboxylic acids is 2. The summed E-state index contributed by atoms with van der Waals surface area (Å²) < 4.78 is 1.50. The van der Waals surface area contributed by atoms with Crippen molar-refractivity contribution in [1.29, 1.82) is 0 Å². The van der Waals surface area contributed by atoms with E-state index < -0.39 is 35.2 Å². The Bertz CT molecular complexity index is 1730. The van der Waals surface area contributed by atoms with E-state index in [4.69, 9.17) is 15.7 Å². The van der Waals surface area contributed by atoms with Gasteiger partial charge in [0.25, 0.3) is 11.8 Å². The summed E-state index contributed by atoms with van der Waals surface area (Å²) in [6, 6.07) is 6.43. The molecule has 2 aliphatic heterocycles. The van der Waals surface area contributed by atoms with Crippen molar-refractivity contribution in [2.45, 2.75) is 29.5 Å². The molecule has 2 aliphatic rings. The summed E-state index contributed by atoms with van der Waals surface area (Å²) in [5.41, 5.74) is 6.41. The summed E-state index contributed by atoms with van der Waals surface area (Å²) in [5, 5.41) is 45.6. The zero-order valence-electron chi connectivity index (χ0n) is 23.0. The average Bonchev–Trinajstić information content (AvgIpc) is 3.44. The molecule has 1 aromatic carbocycles. The van der Waals surface area contributed by atoms with E-state index in [9.17, 15) is 34.5 Å². The van der Waals surface area contributed by atoms with Crippen LogP contribution in [0.5, 0.6) is 11.5 Å². The number of nitrogen functional groups attached to an aromatic ring is 1. The van der Waals surface area contributed by atoms with Crippen LogP contribution in [0.4, 0.5) is 5.13 Å². The highest BCUT2D eigenvalue weighted by Gasteiger charge is 2.54. The fourth-order valence-electron chi connectivity index (χ4n) is 4.41. The van der Waals surface area contributed by atoms with Crippen molar-refractivity contribution < 1.29 is 49.0 Å². The number of aromatic nitrogens is 2. The Morgan fingerprint density at radius 1 is 1.18 bits per heavy atom. The highest BCUT2D eigenvalue weighted by molar-refractivity contribution is 8.01. The first kappa shape index (κ1) is 31.6. The van der Waals surface area contributed by atoms with E-state index in [-0.39, 0.29) is 52.6 Å². The molecular formula is C27H25N6O9S3+. The number of aromatic hydroxyl groups is 2. The van der Waals surface area contributed by atoms with E-state index in [1.807, 2.05) is 0 Å². The fraction of sp³-hybridized carbons (Fsp3) is 0.222. The lowest BCUT2D eigenvalue weighted by Crippen LogP contribution is -2.71. The predicted octanol–water partition coefficient (Wildman–Crippen LogP) is 0.960. The molecule has 2 amide bonds. The Morgan fingerprint density at radius 3 is 2.58 bits per heavy atom. The molecule has 15 nitrogen and oxygen atoms in total. The lowest BCUT2D eigenvalue weighted by Gasteiger charge is -2.49. The highest BCUT2D eigenvalue weighted by Crippen LogP contribution is 2.41. The third kappa shape index (κ3) is 7.13. The Balaban J connectivity index is 1.27. The number of pyridine rings is 1.